The lowest BCUT2D eigenvalue weighted by Gasteiger charge is -2.54. The minimum Gasteiger partial charge on any atom is -0.398 e. The van der Waals surface area contributed by atoms with Crippen LogP contribution in [-0.4, -0.2) is 0 Å². The molecule has 1 aromatic rings. The minimum absolute atomic E-state index is 0.866. The standard InChI is InChI=1S/C16H23NS/c1-2-14-13(17)8-15(18-14)16-11-4-9-3-10(6-11)7-12(16)5-9/h8-12,16H,2-7,17H2,1H3. The first-order chi connectivity index (χ1) is 8.74. The van der Waals surface area contributed by atoms with Gasteiger partial charge in [-0.05, 0) is 74.2 Å². The second-order valence-electron chi connectivity index (χ2n) is 6.84. The first-order valence-electron chi connectivity index (χ1n) is 7.62. The Morgan fingerprint density at radius 1 is 1.11 bits per heavy atom. The van der Waals surface area contributed by atoms with Crippen LogP contribution in [0, 0.1) is 23.7 Å². The van der Waals surface area contributed by atoms with E-state index in [2.05, 4.69) is 13.0 Å². The molecule has 4 fully saturated rings. The van der Waals surface area contributed by atoms with E-state index in [4.69, 9.17) is 5.73 Å². The Morgan fingerprint density at radius 3 is 2.22 bits per heavy atom. The summed E-state index contributed by atoms with van der Waals surface area (Å²) in [6, 6.07) is 2.32. The van der Waals surface area contributed by atoms with Gasteiger partial charge in [0, 0.05) is 15.4 Å². The van der Waals surface area contributed by atoms with Gasteiger partial charge >= 0.3 is 0 Å². The van der Waals surface area contributed by atoms with Crippen molar-refractivity contribution in [1.82, 2.24) is 0 Å². The van der Waals surface area contributed by atoms with E-state index >= 15 is 0 Å². The fourth-order valence-electron chi connectivity index (χ4n) is 5.29. The number of aryl methyl sites for hydroxylation is 1. The first-order valence-corrected chi connectivity index (χ1v) is 8.44. The van der Waals surface area contributed by atoms with Crippen LogP contribution >= 0.6 is 11.3 Å². The Morgan fingerprint density at radius 2 is 1.72 bits per heavy atom. The van der Waals surface area contributed by atoms with Gasteiger partial charge in [-0.1, -0.05) is 6.92 Å². The van der Waals surface area contributed by atoms with Crippen LogP contribution in [0.1, 0.15) is 54.7 Å². The third-order valence-electron chi connectivity index (χ3n) is 5.74. The first kappa shape index (κ1) is 11.3. The minimum atomic E-state index is 0.866. The molecule has 0 saturated heterocycles. The van der Waals surface area contributed by atoms with Gasteiger partial charge in [-0.2, -0.15) is 0 Å². The number of rotatable bonds is 2. The molecule has 2 heteroatoms. The Labute approximate surface area is 114 Å². The van der Waals surface area contributed by atoms with E-state index in [1.807, 2.05) is 11.3 Å². The third kappa shape index (κ3) is 1.57. The molecule has 1 aromatic heterocycles. The summed E-state index contributed by atoms with van der Waals surface area (Å²) in [4.78, 5) is 3.04. The molecular weight excluding hydrogens is 238 g/mol. The number of nitrogen functional groups attached to an aromatic ring is 1. The van der Waals surface area contributed by atoms with Crippen LogP contribution in [0.2, 0.25) is 0 Å². The van der Waals surface area contributed by atoms with Crippen molar-refractivity contribution >= 4 is 17.0 Å². The van der Waals surface area contributed by atoms with E-state index in [-0.39, 0.29) is 0 Å². The smallest absolute Gasteiger partial charge is 0.0458 e. The molecule has 98 valence electrons. The van der Waals surface area contributed by atoms with Crippen molar-refractivity contribution in [3.8, 4) is 0 Å². The average molecular weight is 261 g/mol. The van der Waals surface area contributed by atoms with Crippen LogP contribution in [0.4, 0.5) is 5.69 Å². The summed E-state index contributed by atoms with van der Waals surface area (Å²) in [5, 5.41) is 0. The second kappa shape index (κ2) is 4.00. The van der Waals surface area contributed by atoms with Crippen molar-refractivity contribution in [2.75, 3.05) is 5.73 Å². The Bertz CT molecular complexity index is 434. The molecule has 0 atom stereocenters. The maximum absolute atomic E-state index is 6.16. The molecule has 2 N–H and O–H groups in total. The highest BCUT2D eigenvalue weighted by molar-refractivity contribution is 7.12. The molecule has 1 nitrogen and oxygen atoms in total. The van der Waals surface area contributed by atoms with Crippen molar-refractivity contribution in [1.29, 1.82) is 0 Å². The predicted molar refractivity (Wildman–Crippen MR) is 77.9 cm³/mol. The SMILES string of the molecule is CCc1sc(C2C3CC4CC(C3)CC2C4)cc1N. The van der Waals surface area contributed by atoms with Gasteiger partial charge < -0.3 is 5.73 Å². The van der Waals surface area contributed by atoms with E-state index in [1.54, 1.807) is 11.3 Å². The van der Waals surface area contributed by atoms with Crippen LogP contribution in [-0.2, 0) is 6.42 Å². The Balaban J connectivity index is 1.67. The van der Waals surface area contributed by atoms with Gasteiger partial charge in [0.1, 0.15) is 0 Å². The number of hydrogen-bond acceptors (Lipinski definition) is 2. The number of thiophene rings is 1. The van der Waals surface area contributed by atoms with E-state index in [9.17, 15) is 0 Å². The van der Waals surface area contributed by atoms with Gasteiger partial charge in [0.05, 0.1) is 0 Å². The van der Waals surface area contributed by atoms with Crippen molar-refractivity contribution < 1.29 is 0 Å². The summed E-state index contributed by atoms with van der Waals surface area (Å²) in [5.41, 5.74) is 7.22. The third-order valence-corrected chi connectivity index (χ3v) is 7.13. The highest BCUT2D eigenvalue weighted by Gasteiger charge is 2.49. The summed E-state index contributed by atoms with van der Waals surface area (Å²) in [6.45, 7) is 2.23. The number of nitrogens with two attached hydrogens (primary N) is 1. The maximum atomic E-state index is 6.16. The zero-order chi connectivity index (χ0) is 12.3. The Kier molecular flexibility index (Phi) is 2.52. The van der Waals surface area contributed by atoms with Gasteiger partial charge in [0.2, 0.25) is 0 Å². The molecule has 4 aliphatic carbocycles. The zero-order valence-corrected chi connectivity index (χ0v) is 12.0. The second-order valence-corrected chi connectivity index (χ2v) is 8.01. The van der Waals surface area contributed by atoms with Gasteiger partial charge in [-0.3, -0.25) is 0 Å². The van der Waals surface area contributed by atoms with E-state index in [1.165, 1.54) is 30.6 Å². The van der Waals surface area contributed by atoms with Crippen LogP contribution in [0.3, 0.4) is 0 Å². The van der Waals surface area contributed by atoms with Crippen LogP contribution in [0.5, 0.6) is 0 Å². The molecule has 0 aromatic carbocycles. The lowest BCUT2D eigenvalue weighted by atomic mass is 9.51. The highest BCUT2D eigenvalue weighted by atomic mass is 32.1. The van der Waals surface area contributed by atoms with E-state index in [0.717, 1.165) is 41.7 Å². The predicted octanol–water partition coefficient (Wildman–Crippen LogP) is 4.43. The van der Waals surface area contributed by atoms with E-state index in [0.29, 0.717) is 0 Å². The maximum Gasteiger partial charge on any atom is 0.0458 e. The van der Waals surface area contributed by atoms with Gasteiger partial charge in [-0.15, -0.1) is 11.3 Å². The van der Waals surface area contributed by atoms with Crippen molar-refractivity contribution in [3.05, 3.63) is 15.8 Å². The topological polar surface area (TPSA) is 26.0 Å². The van der Waals surface area contributed by atoms with Gasteiger partial charge in [0.25, 0.3) is 0 Å². The summed E-state index contributed by atoms with van der Waals surface area (Å²) in [5.74, 6) is 5.00. The lowest BCUT2D eigenvalue weighted by Crippen LogP contribution is -2.43. The van der Waals surface area contributed by atoms with Crippen LogP contribution in [0.25, 0.3) is 0 Å². The monoisotopic (exact) mass is 261 g/mol. The van der Waals surface area contributed by atoms with Gasteiger partial charge in [-0.25, -0.2) is 0 Å². The summed E-state index contributed by atoms with van der Waals surface area (Å²) >= 11 is 2.01. The number of anilines is 1. The molecule has 0 amide bonds. The molecule has 0 unspecified atom stereocenters. The molecule has 1 heterocycles. The largest absolute Gasteiger partial charge is 0.398 e. The van der Waals surface area contributed by atoms with E-state index < -0.39 is 0 Å². The molecule has 4 aliphatic rings. The van der Waals surface area contributed by atoms with Crippen LogP contribution < -0.4 is 5.73 Å². The quantitative estimate of drug-likeness (QED) is 0.837. The molecule has 0 aliphatic heterocycles. The molecular formula is C16H23NS. The van der Waals surface area contributed by atoms with Gasteiger partial charge in [0.15, 0.2) is 0 Å². The average Bonchev–Trinajstić information content (AvgIpc) is 2.69. The molecule has 5 rings (SSSR count). The zero-order valence-electron chi connectivity index (χ0n) is 11.2. The molecule has 18 heavy (non-hydrogen) atoms. The number of hydrogen-bond donors (Lipinski definition) is 1. The molecule has 4 saturated carbocycles. The molecule has 4 bridgehead atoms. The molecule has 0 spiro atoms. The summed E-state index contributed by atoms with van der Waals surface area (Å²) in [6.07, 6.45) is 8.69. The van der Waals surface area contributed by atoms with Crippen LogP contribution in [0.15, 0.2) is 6.07 Å². The molecule has 0 radical (unpaired) electrons. The fraction of sp³-hybridized carbons (Fsp3) is 0.750. The highest BCUT2D eigenvalue weighted by Crippen LogP contribution is 2.60. The Hall–Kier alpha value is -0.500. The van der Waals surface area contributed by atoms with Crippen molar-refractivity contribution in [3.63, 3.8) is 0 Å². The van der Waals surface area contributed by atoms with Crippen molar-refractivity contribution in [2.45, 2.75) is 51.4 Å². The summed E-state index contributed by atoms with van der Waals surface area (Å²) < 4.78 is 0. The summed E-state index contributed by atoms with van der Waals surface area (Å²) in [7, 11) is 0. The lowest BCUT2D eigenvalue weighted by molar-refractivity contribution is -0.00159. The fourth-order valence-corrected chi connectivity index (χ4v) is 6.61. The normalized spacial score (nSPS) is 41.5. The van der Waals surface area contributed by atoms with Crippen molar-refractivity contribution in [2.24, 2.45) is 23.7 Å².